The number of nitrogens with one attached hydrogen (secondary N) is 2. The summed E-state index contributed by atoms with van der Waals surface area (Å²) in [4.78, 5) is 18.3. The van der Waals surface area contributed by atoms with Crippen LogP contribution in [0.3, 0.4) is 0 Å². The van der Waals surface area contributed by atoms with Crippen molar-refractivity contribution in [3.8, 4) is 0 Å². The van der Waals surface area contributed by atoms with Gasteiger partial charge in [-0.1, -0.05) is 24.3 Å². The maximum absolute atomic E-state index is 12.1. The predicted octanol–water partition coefficient (Wildman–Crippen LogP) is 1.33. The Bertz CT molecular complexity index is 986. The number of hydrogen-bond acceptors (Lipinski definition) is 4. The smallest absolute Gasteiger partial charge is 0.253 e. The quantitative estimate of drug-likeness (QED) is 0.431. The third-order valence-corrected chi connectivity index (χ3v) is 5.23. The zero-order chi connectivity index (χ0) is 22.1. The van der Waals surface area contributed by atoms with Gasteiger partial charge in [-0.15, -0.1) is 0 Å². The van der Waals surface area contributed by atoms with Gasteiger partial charge < -0.3 is 15.5 Å². The van der Waals surface area contributed by atoms with E-state index in [4.69, 9.17) is 5.14 Å². The van der Waals surface area contributed by atoms with Crippen molar-refractivity contribution in [1.82, 2.24) is 15.5 Å². The Morgan fingerprint density at radius 3 is 2.37 bits per heavy atom. The van der Waals surface area contributed by atoms with Crippen LogP contribution in [0.2, 0.25) is 0 Å². The Balaban J connectivity index is 1.96. The van der Waals surface area contributed by atoms with Gasteiger partial charge in [0.1, 0.15) is 0 Å². The van der Waals surface area contributed by atoms with Gasteiger partial charge in [-0.2, -0.15) is 0 Å². The van der Waals surface area contributed by atoms with Crippen molar-refractivity contribution < 1.29 is 13.2 Å². The molecule has 2 aromatic carbocycles. The third kappa shape index (κ3) is 7.16. The number of hydrogen-bond donors (Lipinski definition) is 3. The molecule has 0 aliphatic heterocycles. The van der Waals surface area contributed by atoms with Crippen molar-refractivity contribution in [2.24, 2.45) is 10.1 Å². The fourth-order valence-corrected chi connectivity index (χ4v) is 3.26. The largest absolute Gasteiger partial charge is 0.357 e. The van der Waals surface area contributed by atoms with E-state index < -0.39 is 10.0 Å². The fraction of sp³-hybridized carbons (Fsp3) is 0.333. The predicted molar refractivity (Wildman–Crippen MR) is 119 cm³/mol. The number of carbonyl (C=O) groups is 1. The van der Waals surface area contributed by atoms with E-state index in [9.17, 15) is 13.2 Å². The van der Waals surface area contributed by atoms with Gasteiger partial charge in [0.25, 0.3) is 5.91 Å². The molecular formula is C21H29N5O3S. The average Bonchev–Trinajstić information content (AvgIpc) is 2.71. The summed E-state index contributed by atoms with van der Waals surface area (Å²) in [6.07, 6.45) is 0.738. The van der Waals surface area contributed by atoms with E-state index in [-0.39, 0.29) is 10.8 Å². The number of benzene rings is 2. The van der Waals surface area contributed by atoms with Crippen molar-refractivity contribution in [2.45, 2.75) is 24.8 Å². The van der Waals surface area contributed by atoms with E-state index in [1.54, 1.807) is 31.1 Å². The van der Waals surface area contributed by atoms with Crippen molar-refractivity contribution in [2.75, 3.05) is 27.2 Å². The molecular weight excluding hydrogens is 402 g/mol. The number of sulfonamides is 1. The van der Waals surface area contributed by atoms with Gasteiger partial charge in [0.05, 0.1) is 11.4 Å². The highest BCUT2D eigenvalue weighted by Gasteiger charge is 2.09. The lowest BCUT2D eigenvalue weighted by Gasteiger charge is -2.13. The highest BCUT2D eigenvalue weighted by atomic mass is 32.2. The van der Waals surface area contributed by atoms with Crippen LogP contribution in [0.25, 0.3) is 0 Å². The van der Waals surface area contributed by atoms with E-state index in [0.29, 0.717) is 31.2 Å². The molecule has 0 bridgehead atoms. The molecule has 0 aliphatic rings. The summed E-state index contributed by atoms with van der Waals surface area (Å²) < 4.78 is 22.7. The average molecular weight is 432 g/mol. The number of rotatable bonds is 8. The molecule has 0 fully saturated rings. The Labute approximate surface area is 178 Å². The van der Waals surface area contributed by atoms with Gasteiger partial charge in [0, 0.05) is 32.7 Å². The summed E-state index contributed by atoms with van der Waals surface area (Å²) in [6, 6.07) is 13.9. The molecule has 8 nitrogen and oxygen atoms in total. The number of nitrogens with two attached hydrogens (primary N) is 1. The summed E-state index contributed by atoms with van der Waals surface area (Å²) in [7, 11) is -0.227. The van der Waals surface area contributed by atoms with Crippen LogP contribution in [0.15, 0.2) is 58.4 Å². The maximum atomic E-state index is 12.1. The van der Waals surface area contributed by atoms with Gasteiger partial charge in [-0.05, 0) is 48.7 Å². The van der Waals surface area contributed by atoms with E-state index in [2.05, 4.69) is 15.6 Å². The first-order chi connectivity index (χ1) is 14.2. The molecule has 0 radical (unpaired) electrons. The Morgan fingerprint density at radius 1 is 1.07 bits per heavy atom. The second kappa shape index (κ2) is 10.7. The zero-order valence-corrected chi connectivity index (χ0v) is 18.4. The first-order valence-electron chi connectivity index (χ1n) is 9.65. The second-order valence-corrected chi connectivity index (χ2v) is 8.52. The van der Waals surface area contributed by atoms with E-state index in [1.807, 2.05) is 31.2 Å². The lowest BCUT2D eigenvalue weighted by molar-refractivity contribution is 0.0827. The lowest BCUT2D eigenvalue weighted by Crippen LogP contribution is -2.38. The number of guanidine groups is 1. The van der Waals surface area contributed by atoms with E-state index >= 15 is 0 Å². The first kappa shape index (κ1) is 23.4. The summed E-state index contributed by atoms with van der Waals surface area (Å²) in [5.41, 5.74) is 2.60. The lowest BCUT2D eigenvalue weighted by atomic mass is 10.1. The van der Waals surface area contributed by atoms with Crippen molar-refractivity contribution in [3.63, 3.8) is 0 Å². The molecule has 0 atom stereocenters. The van der Waals surface area contributed by atoms with Crippen molar-refractivity contribution in [3.05, 3.63) is 65.2 Å². The molecule has 1 amide bonds. The van der Waals surface area contributed by atoms with Gasteiger partial charge in [0.2, 0.25) is 10.0 Å². The number of aliphatic imine (C=N–C) groups is 1. The molecule has 0 aliphatic carbocycles. The highest BCUT2D eigenvalue weighted by Crippen LogP contribution is 2.10. The van der Waals surface area contributed by atoms with Crippen LogP contribution in [0.5, 0.6) is 0 Å². The fourth-order valence-electron chi connectivity index (χ4n) is 2.74. The molecule has 162 valence electrons. The third-order valence-electron chi connectivity index (χ3n) is 4.30. The molecule has 0 aromatic heterocycles. The van der Waals surface area contributed by atoms with Crippen molar-refractivity contribution in [1.29, 1.82) is 0 Å². The number of nitrogens with zero attached hydrogens (tertiary/aromatic N) is 2. The van der Waals surface area contributed by atoms with E-state index in [0.717, 1.165) is 17.5 Å². The van der Waals surface area contributed by atoms with Crippen LogP contribution < -0.4 is 15.8 Å². The molecule has 2 rings (SSSR count). The van der Waals surface area contributed by atoms with E-state index in [1.165, 1.54) is 12.1 Å². The Morgan fingerprint density at radius 2 is 1.77 bits per heavy atom. The molecule has 4 N–H and O–H groups in total. The van der Waals surface area contributed by atoms with Crippen LogP contribution in [0, 0.1) is 0 Å². The highest BCUT2D eigenvalue weighted by molar-refractivity contribution is 7.89. The van der Waals surface area contributed by atoms with Crippen molar-refractivity contribution >= 4 is 21.9 Å². The minimum absolute atomic E-state index is 0.0202. The Hall–Kier alpha value is -2.91. The molecule has 0 saturated heterocycles. The standard InChI is InChI=1S/C21H29N5O3S/c1-4-23-21(25-15-17-8-10-19(11-9-17)30(22,28)29)24-13-12-16-6-5-7-18(14-16)20(27)26(2)3/h5-11,14H,4,12-13,15H2,1-3H3,(H2,22,28,29)(H2,23,24,25). The molecule has 0 spiro atoms. The molecule has 0 saturated carbocycles. The SMILES string of the molecule is CCNC(=NCc1ccc(S(N)(=O)=O)cc1)NCCc1cccc(C(=O)N(C)C)c1. The van der Waals surface area contributed by atoms with Gasteiger partial charge in [-0.25, -0.2) is 18.5 Å². The molecule has 2 aromatic rings. The van der Waals surface area contributed by atoms with Crippen LogP contribution in [0.4, 0.5) is 0 Å². The first-order valence-corrected chi connectivity index (χ1v) is 11.2. The topological polar surface area (TPSA) is 117 Å². The van der Waals surface area contributed by atoms with Crippen LogP contribution in [-0.4, -0.2) is 52.4 Å². The molecule has 9 heteroatoms. The van der Waals surface area contributed by atoms with Gasteiger partial charge in [0.15, 0.2) is 5.96 Å². The van der Waals surface area contributed by atoms with Gasteiger partial charge in [-0.3, -0.25) is 4.79 Å². The second-order valence-electron chi connectivity index (χ2n) is 6.96. The molecule has 0 unspecified atom stereocenters. The Kier molecular flexibility index (Phi) is 8.37. The number of amides is 1. The molecule has 0 heterocycles. The number of carbonyl (C=O) groups excluding carboxylic acids is 1. The van der Waals surface area contributed by atoms with Crippen LogP contribution in [-0.2, 0) is 23.0 Å². The maximum Gasteiger partial charge on any atom is 0.253 e. The minimum atomic E-state index is -3.70. The van der Waals surface area contributed by atoms with Crippen LogP contribution in [0.1, 0.15) is 28.4 Å². The minimum Gasteiger partial charge on any atom is -0.357 e. The number of primary sulfonamides is 1. The summed E-state index contributed by atoms with van der Waals surface area (Å²) in [5, 5.41) is 11.6. The normalized spacial score (nSPS) is 11.8. The van der Waals surface area contributed by atoms with Crippen LogP contribution >= 0.6 is 0 Å². The monoisotopic (exact) mass is 431 g/mol. The zero-order valence-electron chi connectivity index (χ0n) is 17.6. The summed E-state index contributed by atoms with van der Waals surface area (Å²) >= 11 is 0. The van der Waals surface area contributed by atoms with Gasteiger partial charge >= 0.3 is 0 Å². The summed E-state index contributed by atoms with van der Waals surface area (Å²) in [5.74, 6) is 0.640. The molecule has 30 heavy (non-hydrogen) atoms. The summed E-state index contributed by atoms with van der Waals surface area (Å²) in [6.45, 7) is 3.74.